The predicted molar refractivity (Wildman–Crippen MR) is 129 cm³/mol. The maximum absolute atomic E-state index is 13.0. The van der Waals surface area contributed by atoms with Crippen LogP contribution >= 0.6 is 34.5 Å². The van der Waals surface area contributed by atoms with Crippen LogP contribution in [0.25, 0.3) is 11.3 Å². The lowest BCUT2D eigenvalue weighted by Gasteiger charge is -2.34. The van der Waals surface area contributed by atoms with Crippen molar-refractivity contribution in [2.24, 2.45) is 0 Å². The fourth-order valence-corrected chi connectivity index (χ4v) is 7.08. The van der Waals surface area contributed by atoms with Crippen LogP contribution < -0.4 is 4.90 Å². The van der Waals surface area contributed by atoms with Crippen molar-refractivity contribution in [3.63, 3.8) is 0 Å². The first-order valence-electron chi connectivity index (χ1n) is 9.91. The van der Waals surface area contributed by atoms with Gasteiger partial charge in [-0.3, -0.25) is 0 Å². The van der Waals surface area contributed by atoms with Gasteiger partial charge in [0, 0.05) is 37.1 Å². The number of sulfonamides is 1. The third kappa shape index (κ3) is 4.34. The molecule has 1 aliphatic rings. The number of hydrogen-bond acceptors (Lipinski definition) is 5. The van der Waals surface area contributed by atoms with Crippen molar-refractivity contribution >= 4 is 49.7 Å². The summed E-state index contributed by atoms with van der Waals surface area (Å²) in [7, 11) is -3.70. The van der Waals surface area contributed by atoms with Crippen molar-refractivity contribution in [3.8, 4) is 11.3 Å². The van der Waals surface area contributed by atoms with Crippen LogP contribution in [0.2, 0.25) is 10.0 Å². The Balaban J connectivity index is 1.51. The lowest BCUT2D eigenvalue weighted by molar-refractivity contribution is 0.385. The molecule has 164 valence electrons. The lowest BCUT2D eigenvalue weighted by atomic mass is 9.98. The second-order valence-corrected chi connectivity index (χ2v) is 11.3. The standard InChI is InChI=1S/C22H23Cl2N3O2S2/c1-14-11-15(2)20(16(3)12-14)18-13-30-22(25-18)26-7-9-27(10-8-26)31(28,29)19-6-4-5-17(23)21(19)24/h4-6,11-13H,7-10H2,1-3H3. The van der Waals surface area contributed by atoms with Gasteiger partial charge in [-0.05, 0) is 44.0 Å². The van der Waals surface area contributed by atoms with E-state index in [1.807, 2.05) is 0 Å². The van der Waals surface area contributed by atoms with Crippen LogP contribution in [0.5, 0.6) is 0 Å². The number of piperazine rings is 1. The predicted octanol–water partition coefficient (Wildman–Crippen LogP) is 5.55. The number of hydrogen-bond donors (Lipinski definition) is 0. The van der Waals surface area contributed by atoms with Crippen LogP contribution in [0.4, 0.5) is 5.13 Å². The molecule has 0 unspecified atom stereocenters. The highest BCUT2D eigenvalue weighted by atomic mass is 35.5. The smallest absolute Gasteiger partial charge is 0.244 e. The number of benzene rings is 2. The quantitative estimate of drug-likeness (QED) is 0.475. The van der Waals surface area contributed by atoms with E-state index < -0.39 is 10.0 Å². The number of aryl methyl sites for hydroxylation is 3. The zero-order chi connectivity index (χ0) is 22.3. The van der Waals surface area contributed by atoms with E-state index >= 15 is 0 Å². The molecule has 1 fully saturated rings. The molecule has 1 aliphatic heterocycles. The Morgan fingerprint density at radius 1 is 1.00 bits per heavy atom. The van der Waals surface area contributed by atoms with Gasteiger partial charge in [-0.15, -0.1) is 11.3 Å². The first-order chi connectivity index (χ1) is 14.7. The van der Waals surface area contributed by atoms with Crippen molar-refractivity contribution in [1.29, 1.82) is 0 Å². The van der Waals surface area contributed by atoms with Crippen LogP contribution in [-0.4, -0.2) is 43.9 Å². The van der Waals surface area contributed by atoms with Crippen LogP contribution in [0.3, 0.4) is 0 Å². The molecule has 0 amide bonds. The Hall–Kier alpha value is -1.64. The Morgan fingerprint density at radius 2 is 1.65 bits per heavy atom. The fraction of sp³-hybridized carbons (Fsp3) is 0.318. The van der Waals surface area contributed by atoms with Gasteiger partial charge >= 0.3 is 0 Å². The molecule has 2 aromatic carbocycles. The van der Waals surface area contributed by atoms with Crippen molar-refractivity contribution in [2.75, 3.05) is 31.1 Å². The highest BCUT2D eigenvalue weighted by Crippen LogP contribution is 2.34. The van der Waals surface area contributed by atoms with Gasteiger partial charge in [-0.2, -0.15) is 4.31 Å². The summed E-state index contributed by atoms with van der Waals surface area (Å²) in [6.07, 6.45) is 0. The van der Waals surface area contributed by atoms with E-state index in [0.29, 0.717) is 26.2 Å². The Morgan fingerprint density at radius 3 is 2.29 bits per heavy atom. The highest BCUT2D eigenvalue weighted by Gasteiger charge is 2.31. The molecule has 0 aliphatic carbocycles. The van der Waals surface area contributed by atoms with E-state index in [2.05, 4.69) is 43.2 Å². The second-order valence-electron chi connectivity index (χ2n) is 7.73. The molecule has 0 saturated carbocycles. The molecule has 1 aromatic heterocycles. The number of rotatable bonds is 4. The van der Waals surface area contributed by atoms with Gasteiger partial charge in [-0.25, -0.2) is 13.4 Å². The Kier molecular flexibility index (Phi) is 6.34. The van der Waals surface area contributed by atoms with Crippen molar-refractivity contribution in [1.82, 2.24) is 9.29 Å². The first kappa shape index (κ1) is 22.6. The summed E-state index contributed by atoms with van der Waals surface area (Å²) in [5.41, 5.74) is 5.80. The maximum Gasteiger partial charge on any atom is 0.244 e. The van der Waals surface area contributed by atoms with E-state index in [9.17, 15) is 8.42 Å². The molecular formula is C22H23Cl2N3O2S2. The Bertz CT molecular complexity index is 1210. The summed E-state index contributed by atoms with van der Waals surface area (Å²) in [5, 5.41) is 3.29. The van der Waals surface area contributed by atoms with Gasteiger partial charge in [0.2, 0.25) is 10.0 Å². The zero-order valence-electron chi connectivity index (χ0n) is 17.5. The van der Waals surface area contributed by atoms with E-state index in [-0.39, 0.29) is 14.9 Å². The summed E-state index contributed by atoms with van der Waals surface area (Å²) in [6, 6.07) is 9.02. The van der Waals surface area contributed by atoms with E-state index in [1.165, 1.54) is 32.6 Å². The minimum atomic E-state index is -3.70. The molecule has 2 heterocycles. The fourth-order valence-electron chi connectivity index (χ4n) is 4.05. The van der Waals surface area contributed by atoms with Gasteiger partial charge < -0.3 is 4.90 Å². The third-order valence-electron chi connectivity index (χ3n) is 5.47. The monoisotopic (exact) mass is 495 g/mol. The highest BCUT2D eigenvalue weighted by molar-refractivity contribution is 7.89. The SMILES string of the molecule is Cc1cc(C)c(-c2csc(N3CCN(S(=O)(=O)c4cccc(Cl)c4Cl)CC3)n2)c(C)c1. The van der Waals surface area contributed by atoms with E-state index in [1.54, 1.807) is 23.5 Å². The summed E-state index contributed by atoms with van der Waals surface area (Å²) in [5.74, 6) is 0. The number of thiazole rings is 1. The molecule has 5 nitrogen and oxygen atoms in total. The molecule has 0 spiro atoms. The summed E-state index contributed by atoms with van der Waals surface area (Å²) in [6.45, 7) is 8.18. The molecule has 3 aromatic rings. The average Bonchev–Trinajstić information content (AvgIpc) is 3.19. The molecule has 1 saturated heterocycles. The molecule has 0 N–H and O–H groups in total. The number of aromatic nitrogens is 1. The molecular weight excluding hydrogens is 473 g/mol. The van der Waals surface area contributed by atoms with Gasteiger partial charge in [-0.1, -0.05) is 47.0 Å². The van der Waals surface area contributed by atoms with Crippen LogP contribution in [0, 0.1) is 20.8 Å². The van der Waals surface area contributed by atoms with Crippen LogP contribution in [-0.2, 0) is 10.0 Å². The summed E-state index contributed by atoms with van der Waals surface area (Å²) < 4.78 is 27.6. The molecule has 9 heteroatoms. The van der Waals surface area contributed by atoms with Crippen molar-refractivity contribution in [2.45, 2.75) is 25.7 Å². The van der Waals surface area contributed by atoms with E-state index in [0.717, 1.165) is 10.8 Å². The Labute approximate surface area is 197 Å². The minimum absolute atomic E-state index is 0.0528. The first-order valence-corrected chi connectivity index (χ1v) is 13.0. The molecule has 0 atom stereocenters. The number of nitrogens with zero attached hydrogens (tertiary/aromatic N) is 3. The second kappa shape index (κ2) is 8.71. The molecule has 0 bridgehead atoms. The summed E-state index contributed by atoms with van der Waals surface area (Å²) in [4.78, 5) is 7.05. The molecule has 0 radical (unpaired) electrons. The van der Waals surface area contributed by atoms with Crippen LogP contribution in [0.1, 0.15) is 16.7 Å². The maximum atomic E-state index is 13.0. The largest absolute Gasteiger partial charge is 0.345 e. The van der Waals surface area contributed by atoms with Crippen molar-refractivity contribution < 1.29 is 8.42 Å². The van der Waals surface area contributed by atoms with Crippen LogP contribution in [0.15, 0.2) is 40.6 Å². The van der Waals surface area contributed by atoms with Gasteiger partial charge in [0.25, 0.3) is 0 Å². The molecule has 4 rings (SSSR count). The topological polar surface area (TPSA) is 53.5 Å². The summed E-state index contributed by atoms with van der Waals surface area (Å²) >= 11 is 13.8. The zero-order valence-corrected chi connectivity index (χ0v) is 20.7. The van der Waals surface area contributed by atoms with Gasteiger partial charge in [0.15, 0.2) is 5.13 Å². The number of anilines is 1. The molecule has 31 heavy (non-hydrogen) atoms. The lowest BCUT2D eigenvalue weighted by Crippen LogP contribution is -2.48. The third-order valence-corrected chi connectivity index (χ3v) is 9.24. The van der Waals surface area contributed by atoms with Crippen molar-refractivity contribution in [3.05, 3.63) is 62.4 Å². The van der Waals surface area contributed by atoms with E-state index in [4.69, 9.17) is 28.2 Å². The normalized spacial score (nSPS) is 15.5. The number of halogens is 2. The van der Waals surface area contributed by atoms with Gasteiger partial charge in [0.05, 0.1) is 15.7 Å². The van der Waals surface area contributed by atoms with Gasteiger partial charge in [0.1, 0.15) is 4.90 Å². The average molecular weight is 496 g/mol. The minimum Gasteiger partial charge on any atom is -0.345 e.